The largest absolute Gasteiger partial charge is 0.508 e. The number of nitrogen functional groups attached to an aromatic ring is 1. The lowest BCUT2D eigenvalue weighted by Gasteiger charge is -2.29. The van der Waals surface area contributed by atoms with E-state index in [0.29, 0.717) is 17.3 Å². The van der Waals surface area contributed by atoms with Crippen LogP contribution in [0, 0.1) is 11.3 Å². The van der Waals surface area contributed by atoms with Gasteiger partial charge >= 0.3 is 0 Å². The summed E-state index contributed by atoms with van der Waals surface area (Å²) in [6, 6.07) is 4.65. The van der Waals surface area contributed by atoms with Crippen LogP contribution in [0.2, 0.25) is 0 Å². The molecule has 1 aliphatic rings. The Morgan fingerprint density at radius 1 is 1.40 bits per heavy atom. The van der Waals surface area contributed by atoms with E-state index in [4.69, 9.17) is 5.73 Å². The van der Waals surface area contributed by atoms with Crippen LogP contribution in [-0.4, -0.2) is 11.0 Å². The van der Waals surface area contributed by atoms with Crippen LogP contribution < -0.4 is 11.1 Å². The van der Waals surface area contributed by atoms with Crippen molar-refractivity contribution in [3.8, 4) is 5.75 Å². The average molecular weight is 276 g/mol. The summed E-state index contributed by atoms with van der Waals surface area (Å²) in [6.07, 6.45) is 5.05. The summed E-state index contributed by atoms with van der Waals surface area (Å²) < 4.78 is 0. The van der Waals surface area contributed by atoms with Crippen molar-refractivity contribution in [1.29, 1.82) is 0 Å². The lowest BCUT2D eigenvalue weighted by atomic mass is 9.77. The Kier molecular flexibility index (Phi) is 4.21. The maximum atomic E-state index is 12.7. The molecule has 0 radical (unpaired) electrons. The fraction of sp³-hybridized carbons (Fsp3) is 0.562. The monoisotopic (exact) mass is 276 g/mol. The van der Waals surface area contributed by atoms with Crippen molar-refractivity contribution in [1.82, 2.24) is 0 Å². The molecule has 20 heavy (non-hydrogen) atoms. The average Bonchev–Trinajstić information content (AvgIpc) is 2.81. The normalized spacial score (nSPS) is 17.4. The number of phenolic OH excluding ortho intramolecular Hbond substituents is 1. The zero-order valence-electron chi connectivity index (χ0n) is 12.3. The van der Waals surface area contributed by atoms with Gasteiger partial charge in [0.25, 0.3) is 0 Å². The fourth-order valence-electron chi connectivity index (χ4n) is 3.28. The molecular formula is C16H24N2O2. The molecule has 0 aliphatic heterocycles. The number of carbonyl (C=O) groups excluding carboxylic acids is 1. The molecular weight excluding hydrogens is 252 g/mol. The van der Waals surface area contributed by atoms with E-state index < -0.39 is 0 Å². The molecule has 0 atom stereocenters. The number of aromatic hydroxyl groups is 1. The Morgan fingerprint density at radius 3 is 2.60 bits per heavy atom. The van der Waals surface area contributed by atoms with Gasteiger partial charge in [-0.1, -0.05) is 26.7 Å². The minimum absolute atomic E-state index is 0.0705. The van der Waals surface area contributed by atoms with Gasteiger partial charge in [-0.05, 0) is 37.3 Å². The quantitative estimate of drug-likeness (QED) is 0.582. The zero-order valence-corrected chi connectivity index (χ0v) is 12.3. The van der Waals surface area contributed by atoms with E-state index in [1.54, 1.807) is 6.07 Å². The van der Waals surface area contributed by atoms with Crippen molar-refractivity contribution in [3.63, 3.8) is 0 Å². The van der Waals surface area contributed by atoms with Gasteiger partial charge in [-0.3, -0.25) is 4.79 Å². The third kappa shape index (κ3) is 3.06. The standard InChI is InChI=1S/C16H24N2O2/c1-11(2)10-16(7-3-4-8-16)15(20)18-14-6-5-12(19)9-13(14)17/h5-6,9,11,19H,3-4,7-8,10,17H2,1-2H3,(H,18,20). The Bertz CT molecular complexity index is 491. The maximum absolute atomic E-state index is 12.7. The molecule has 1 aromatic rings. The van der Waals surface area contributed by atoms with Crippen LogP contribution in [0.1, 0.15) is 46.0 Å². The van der Waals surface area contributed by atoms with E-state index in [0.717, 1.165) is 32.1 Å². The number of phenols is 1. The van der Waals surface area contributed by atoms with Crippen LogP contribution in [0.15, 0.2) is 18.2 Å². The van der Waals surface area contributed by atoms with Gasteiger partial charge in [0.05, 0.1) is 11.4 Å². The van der Waals surface area contributed by atoms with E-state index in [1.807, 2.05) is 0 Å². The highest BCUT2D eigenvalue weighted by molar-refractivity contribution is 5.98. The number of anilines is 2. The molecule has 4 nitrogen and oxygen atoms in total. The van der Waals surface area contributed by atoms with Crippen molar-refractivity contribution >= 4 is 17.3 Å². The minimum atomic E-state index is -0.251. The lowest BCUT2D eigenvalue weighted by molar-refractivity contribution is -0.126. The van der Waals surface area contributed by atoms with Gasteiger partial charge in [0.1, 0.15) is 5.75 Å². The first-order chi connectivity index (χ1) is 9.43. The second-order valence-corrected chi connectivity index (χ2v) is 6.31. The molecule has 4 heteroatoms. The van der Waals surface area contributed by atoms with Gasteiger partial charge in [-0.25, -0.2) is 0 Å². The summed E-state index contributed by atoms with van der Waals surface area (Å²) in [6.45, 7) is 4.31. The van der Waals surface area contributed by atoms with Crippen molar-refractivity contribution in [2.45, 2.75) is 46.0 Å². The lowest BCUT2D eigenvalue weighted by Crippen LogP contribution is -2.35. The first-order valence-corrected chi connectivity index (χ1v) is 7.33. The molecule has 1 amide bonds. The third-order valence-corrected chi connectivity index (χ3v) is 4.12. The van der Waals surface area contributed by atoms with E-state index >= 15 is 0 Å². The predicted octanol–water partition coefficient (Wildman–Crippen LogP) is 3.52. The molecule has 0 saturated heterocycles. The van der Waals surface area contributed by atoms with E-state index in [-0.39, 0.29) is 17.1 Å². The minimum Gasteiger partial charge on any atom is -0.508 e. The molecule has 0 unspecified atom stereocenters. The maximum Gasteiger partial charge on any atom is 0.230 e. The van der Waals surface area contributed by atoms with Crippen molar-refractivity contribution in [2.24, 2.45) is 11.3 Å². The molecule has 1 aromatic carbocycles. The summed E-state index contributed by atoms with van der Waals surface area (Å²) >= 11 is 0. The fourth-order valence-corrected chi connectivity index (χ4v) is 3.28. The molecule has 1 saturated carbocycles. The summed E-state index contributed by atoms with van der Waals surface area (Å²) in [5.41, 5.74) is 6.57. The molecule has 1 fully saturated rings. The predicted molar refractivity (Wildman–Crippen MR) is 81.5 cm³/mol. The number of nitrogens with one attached hydrogen (secondary N) is 1. The summed E-state index contributed by atoms with van der Waals surface area (Å²) in [4.78, 5) is 12.7. The number of amides is 1. The highest BCUT2D eigenvalue weighted by Crippen LogP contribution is 2.44. The first-order valence-electron chi connectivity index (χ1n) is 7.33. The van der Waals surface area contributed by atoms with Gasteiger partial charge in [0, 0.05) is 11.5 Å². The Hall–Kier alpha value is -1.71. The molecule has 4 N–H and O–H groups in total. The van der Waals surface area contributed by atoms with Crippen molar-refractivity contribution < 1.29 is 9.90 Å². The Morgan fingerprint density at radius 2 is 2.05 bits per heavy atom. The number of nitrogens with two attached hydrogens (primary N) is 1. The third-order valence-electron chi connectivity index (χ3n) is 4.12. The van der Waals surface area contributed by atoms with Gasteiger partial charge in [0.2, 0.25) is 5.91 Å². The molecule has 2 rings (SSSR count). The van der Waals surface area contributed by atoms with Crippen LogP contribution in [0.25, 0.3) is 0 Å². The Labute approximate surface area is 120 Å². The number of hydrogen-bond acceptors (Lipinski definition) is 3. The second kappa shape index (κ2) is 5.73. The smallest absolute Gasteiger partial charge is 0.230 e. The number of carbonyl (C=O) groups is 1. The topological polar surface area (TPSA) is 75.3 Å². The van der Waals surface area contributed by atoms with Crippen LogP contribution in [0.4, 0.5) is 11.4 Å². The second-order valence-electron chi connectivity index (χ2n) is 6.31. The first kappa shape index (κ1) is 14.7. The van der Waals surface area contributed by atoms with E-state index in [1.165, 1.54) is 12.1 Å². The summed E-state index contributed by atoms with van der Waals surface area (Å²) in [7, 11) is 0. The number of benzene rings is 1. The van der Waals surface area contributed by atoms with Crippen LogP contribution in [-0.2, 0) is 4.79 Å². The molecule has 0 heterocycles. The van der Waals surface area contributed by atoms with Crippen LogP contribution in [0.3, 0.4) is 0 Å². The van der Waals surface area contributed by atoms with E-state index in [9.17, 15) is 9.90 Å². The molecule has 0 aromatic heterocycles. The number of rotatable bonds is 4. The van der Waals surface area contributed by atoms with Gasteiger partial charge in [-0.15, -0.1) is 0 Å². The van der Waals surface area contributed by atoms with Crippen LogP contribution >= 0.6 is 0 Å². The molecule has 0 spiro atoms. The molecule has 110 valence electrons. The van der Waals surface area contributed by atoms with Gasteiger partial charge < -0.3 is 16.2 Å². The highest BCUT2D eigenvalue weighted by Gasteiger charge is 2.41. The molecule has 1 aliphatic carbocycles. The Balaban J connectivity index is 2.16. The number of hydrogen-bond donors (Lipinski definition) is 3. The zero-order chi connectivity index (χ0) is 14.8. The van der Waals surface area contributed by atoms with Crippen molar-refractivity contribution in [3.05, 3.63) is 18.2 Å². The van der Waals surface area contributed by atoms with Crippen molar-refractivity contribution in [2.75, 3.05) is 11.1 Å². The van der Waals surface area contributed by atoms with Crippen LogP contribution in [0.5, 0.6) is 5.75 Å². The summed E-state index contributed by atoms with van der Waals surface area (Å²) in [5.74, 6) is 0.676. The highest BCUT2D eigenvalue weighted by atomic mass is 16.3. The van der Waals surface area contributed by atoms with E-state index in [2.05, 4.69) is 19.2 Å². The molecule has 0 bridgehead atoms. The van der Waals surface area contributed by atoms with Gasteiger partial charge in [0.15, 0.2) is 0 Å². The van der Waals surface area contributed by atoms with Gasteiger partial charge in [-0.2, -0.15) is 0 Å². The summed E-state index contributed by atoms with van der Waals surface area (Å²) in [5, 5.41) is 12.3. The SMILES string of the molecule is CC(C)CC1(C(=O)Nc2ccc(O)cc2N)CCCC1.